The third-order valence-electron chi connectivity index (χ3n) is 1.55. The summed E-state index contributed by atoms with van der Waals surface area (Å²) >= 11 is 1.79. The van der Waals surface area contributed by atoms with Crippen LogP contribution in [0.5, 0.6) is 0 Å². The molecule has 0 aromatic carbocycles. The second kappa shape index (κ2) is 5.14. The molecular weight excluding hydrogens is 152 g/mol. The average Bonchev–Trinajstić information content (AvgIpc) is 2.50. The monoisotopic (exact) mass is 166 g/mol. The molecule has 0 radical (unpaired) electrons. The van der Waals surface area contributed by atoms with E-state index in [4.69, 9.17) is 0 Å². The summed E-state index contributed by atoms with van der Waals surface area (Å²) in [5.74, 6) is 0. The van der Waals surface area contributed by atoms with E-state index in [0.29, 0.717) is 0 Å². The quantitative estimate of drug-likeness (QED) is 0.594. The van der Waals surface area contributed by atoms with Crippen molar-refractivity contribution in [2.24, 2.45) is 0 Å². The number of rotatable bonds is 4. The lowest BCUT2D eigenvalue weighted by Crippen LogP contribution is -1.65. The van der Waals surface area contributed by atoms with Gasteiger partial charge in [-0.05, 0) is 23.9 Å². The third kappa shape index (κ3) is 3.38. The highest BCUT2D eigenvalue weighted by atomic mass is 32.1. The Bertz CT molecular complexity index is 197. The van der Waals surface area contributed by atoms with E-state index in [1.54, 1.807) is 11.3 Å². The molecule has 0 saturated heterocycles. The number of hydrogen-bond acceptors (Lipinski definition) is 1. The first kappa shape index (κ1) is 8.54. The van der Waals surface area contributed by atoms with Crippen molar-refractivity contribution >= 4 is 17.4 Å². The molecule has 0 aliphatic rings. The summed E-state index contributed by atoms with van der Waals surface area (Å²) in [6, 6.07) is 4.23. The molecule has 0 nitrogen and oxygen atoms in total. The Balaban J connectivity index is 2.25. The van der Waals surface area contributed by atoms with Crippen LogP contribution in [0.4, 0.5) is 0 Å². The Labute approximate surface area is 72.6 Å². The van der Waals surface area contributed by atoms with Gasteiger partial charge < -0.3 is 0 Å². The van der Waals surface area contributed by atoms with Crippen molar-refractivity contribution in [3.05, 3.63) is 28.5 Å². The minimum absolute atomic E-state index is 1.22. The van der Waals surface area contributed by atoms with Crippen molar-refractivity contribution < 1.29 is 0 Å². The summed E-state index contributed by atoms with van der Waals surface area (Å²) in [5, 5.41) is 2.11. The minimum atomic E-state index is 1.22. The second-order valence-corrected chi connectivity index (χ2v) is 3.54. The van der Waals surface area contributed by atoms with Crippen molar-refractivity contribution in [3.8, 4) is 0 Å². The van der Waals surface area contributed by atoms with Crippen molar-refractivity contribution in [2.45, 2.75) is 26.2 Å². The predicted octanol–water partition coefficient (Wildman–Crippen LogP) is 3.95. The molecule has 60 valence electrons. The van der Waals surface area contributed by atoms with Gasteiger partial charge in [-0.3, -0.25) is 0 Å². The molecule has 0 aliphatic heterocycles. The van der Waals surface area contributed by atoms with Gasteiger partial charge in [-0.1, -0.05) is 31.9 Å². The number of hydrogen-bond donors (Lipinski definition) is 0. The van der Waals surface area contributed by atoms with Crippen LogP contribution < -0.4 is 0 Å². The van der Waals surface area contributed by atoms with E-state index >= 15 is 0 Å². The maximum atomic E-state index is 2.26. The first-order valence-corrected chi connectivity index (χ1v) is 5.01. The van der Waals surface area contributed by atoms with Gasteiger partial charge in [0.25, 0.3) is 0 Å². The molecule has 0 saturated carbocycles. The summed E-state index contributed by atoms with van der Waals surface area (Å²) in [6.45, 7) is 2.22. The summed E-state index contributed by atoms with van der Waals surface area (Å²) in [5.41, 5.74) is 0. The number of thiophene rings is 1. The Kier molecular flexibility index (Phi) is 3.99. The van der Waals surface area contributed by atoms with Crippen LogP contribution >= 0.6 is 11.3 Å². The molecule has 0 atom stereocenters. The van der Waals surface area contributed by atoms with E-state index in [-0.39, 0.29) is 0 Å². The normalized spacial score (nSPS) is 11.0. The maximum Gasteiger partial charge on any atom is 0.0267 e. The van der Waals surface area contributed by atoms with E-state index in [1.807, 2.05) is 0 Å². The van der Waals surface area contributed by atoms with Crippen LogP contribution in [-0.4, -0.2) is 0 Å². The number of allylic oxidation sites excluding steroid dienone is 1. The fourth-order valence-corrected chi connectivity index (χ4v) is 1.55. The summed E-state index contributed by atoms with van der Waals surface area (Å²) in [6.07, 6.45) is 8.28. The van der Waals surface area contributed by atoms with E-state index in [9.17, 15) is 0 Å². The van der Waals surface area contributed by atoms with Crippen LogP contribution in [0.2, 0.25) is 0 Å². The summed E-state index contributed by atoms with van der Waals surface area (Å²) < 4.78 is 0. The minimum Gasteiger partial charge on any atom is -0.144 e. The van der Waals surface area contributed by atoms with E-state index in [2.05, 4.69) is 36.6 Å². The van der Waals surface area contributed by atoms with Gasteiger partial charge in [0.2, 0.25) is 0 Å². The topological polar surface area (TPSA) is 0 Å². The Morgan fingerprint density at radius 2 is 2.45 bits per heavy atom. The van der Waals surface area contributed by atoms with Crippen LogP contribution in [0.3, 0.4) is 0 Å². The average molecular weight is 166 g/mol. The molecule has 0 unspecified atom stereocenters. The highest BCUT2D eigenvalue weighted by Crippen LogP contribution is 2.11. The van der Waals surface area contributed by atoms with Gasteiger partial charge in [0.15, 0.2) is 0 Å². The molecule has 11 heavy (non-hydrogen) atoms. The van der Waals surface area contributed by atoms with Gasteiger partial charge in [-0.15, -0.1) is 11.3 Å². The SMILES string of the molecule is CCCC/C=C\c1cccs1. The fourth-order valence-electron chi connectivity index (χ4n) is 0.908. The molecule has 1 rings (SSSR count). The molecule has 1 aromatic rings. The molecule has 0 N–H and O–H groups in total. The van der Waals surface area contributed by atoms with E-state index < -0.39 is 0 Å². The van der Waals surface area contributed by atoms with Gasteiger partial charge in [-0.2, -0.15) is 0 Å². The molecule has 0 bridgehead atoms. The second-order valence-electron chi connectivity index (χ2n) is 2.56. The first-order chi connectivity index (χ1) is 5.43. The lowest BCUT2D eigenvalue weighted by Gasteiger charge is -1.86. The standard InChI is InChI=1S/C10H14S/c1-2-3-4-5-7-10-8-6-9-11-10/h5-9H,2-4H2,1H3/b7-5-. The zero-order valence-electron chi connectivity index (χ0n) is 6.92. The molecule has 0 aliphatic carbocycles. The van der Waals surface area contributed by atoms with Crippen molar-refractivity contribution in [2.75, 3.05) is 0 Å². The molecule has 0 amide bonds. The summed E-state index contributed by atoms with van der Waals surface area (Å²) in [4.78, 5) is 1.36. The largest absolute Gasteiger partial charge is 0.144 e. The zero-order valence-corrected chi connectivity index (χ0v) is 7.73. The van der Waals surface area contributed by atoms with Crippen LogP contribution in [0, 0.1) is 0 Å². The molecule has 0 spiro atoms. The van der Waals surface area contributed by atoms with Crippen LogP contribution in [0.25, 0.3) is 6.08 Å². The smallest absolute Gasteiger partial charge is 0.0267 e. The van der Waals surface area contributed by atoms with Crippen LogP contribution in [0.1, 0.15) is 31.1 Å². The van der Waals surface area contributed by atoms with Crippen molar-refractivity contribution in [1.29, 1.82) is 0 Å². The van der Waals surface area contributed by atoms with Gasteiger partial charge in [0.05, 0.1) is 0 Å². The lowest BCUT2D eigenvalue weighted by atomic mass is 10.2. The molecule has 0 fully saturated rings. The van der Waals surface area contributed by atoms with E-state index in [0.717, 1.165) is 0 Å². The molecule has 1 heteroatoms. The lowest BCUT2D eigenvalue weighted by molar-refractivity contribution is 0.816. The Morgan fingerprint density at radius 1 is 1.55 bits per heavy atom. The predicted molar refractivity (Wildman–Crippen MR) is 52.9 cm³/mol. The highest BCUT2D eigenvalue weighted by molar-refractivity contribution is 7.10. The number of unbranched alkanes of at least 4 members (excludes halogenated alkanes) is 2. The Morgan fingerprint density at radius 3 is 3.09 bits per heavy atom. The van der Waals surface area contributed by atoms with Gasteiger partial charge in [0, 0.05) is 4.88 Å². The highest BCUT2D eigenvalue weighted by Gasteiger charge is 1.83. The molecule has 1 aromatic heterocycles. The Hall–Kier alpha value is -0.560. The first-order valence-electron chi connectivity index (χ1n) is 4.13. The van der Waals surface area contributed by atoms with Gasteiger partial charge in [0.1, 0.15) is 0 Å². The summed E-state index contributed by atoms with van der Waals surface area (Å²) in [7, 11) is 0. The van der Waals surface area contributed by atoms with Crippen molar-refractivity contribution in [3.63, 3.8) is 0 Å². The maximum absolute atomic E-state index is 2.26. The van der Waals surface area contributed by atoms with Crippen LogP contribution in [0.15, 0.2) is 23.6 Å². The van der Waals surface area contributed by atoms with E-state index in [1.165, 1.54) is 24.1 Å². The van der Waals surface area contributed by atoms with Crippen LogP contribution in [-0.2, 0) is 0 Å². The third-order valence-corrected chi connectivity index (χ3v) is 2.39. The molecule has 1 heterocycles. The van der Waals surface area contributed by atoms with Gasteiger partial charge in [-0.25, -0.2) is 0 Å². The zero-order chi connectivity index (χ0) is 7.94. The fraction of sp³-hybridized carbons (Fsp3) is 0.400. The van der Waals surface area contributed by atoms with Crippen molar-refractivity contribution in [1.82, 2.24) is 0 Å². The van der Waals surface area contributed by atoms with Gasteiger partial charge >= 0.3 is 0 Å². The molecular formula is C10H14S.